The number of nitrogens with two attached hydrogens (primary N) is 1. The topological polar surface area (TPSA) is 30.9 Å². The molecule has 1 rings (SSSR count). The first-order valence-electron chi connectivity index (χ1n) is 1.88. The lowest BCUT2D eigenvalue weighted by atomic mass is 10.7. The molecule has 7 heavy (non-hydrogen) atoms. The number of hydrogen-bond donors (Lipinski definition) is 1. The van der Waals surface area contributed by atoms with Crippen molar-refractivity contribution >= 4 is 15.9 Å². The smallest absolute Gasteiger partial charge is 0.104 e. The summed E-state index contributed by atoms with van der Waals surface area (Å²) in [6, 6.07) is 3.74. The molecule has 0 aromatic carbocycles. The van der Waals surface area contributed by atoms with Crippen molar-refractivity contribution in [2.75, 3.05) is 5.84 Å². The molecule has 0 saturated heterocycles. The summed E-state index contributed by atoms with van der Waals surface area (Å²) in [7, 11) is 0. The minimum atomic E-state index is 0.896. The average molecular weight is 161 g/mol. The molecular weight excluding hydrogens is 156 g/mol. The van der Waals surface area contributed by atoms with E-state index < -0.39 is 0 Å². The molecule has 2 nitrogen and oxygen atoms in total. The predicted octanol–water partition coefficient (Wildman–Crippen LogP) is 0.964. The third-order valence-corrected chi connectivity index (χ3v) is 1.40. The average Bonchev–Trinajstić information content (AvgIpc) is 1.91. The van der Waals surface area contributed by atoms with Gasteiger partial charge >= 0.3 is 0 Å². The molecule has 0 radical (unpaired) electrons. The van der Waals surface area contributed by atoms with Crippen molar-refractivity contribution in [2.24, 2.45) is 0 Å². The number of hydrogen-bond acceptors (Lipinski definition) is 1. The largest absolute Gasteiger partial charge is 0.339 e. The highest BCUT2D eigenvalue weighted by atomic mass is 79.9. The molecule has 0 unspecified atom stereocenters. The van der Waals surface area contributed by atoms with Crippen LogP contribution in [-0.4, -0.2) is 4.68 Å². The van der Waals surface area contributed by atoms with Gasteiger partial charge in [0.2, 0.25) is 0 Å². The zero-order chi connectivity index (χ0) is 5.28. The Labute approximate surface area is 50.0 Å². The lowest BCUT2D eigenvalue weighted by molar-refractivity contribution is 0.989. The molecule has 0 aliphatic rings. The molecule has 0 spiro atoms. The van der Waals surface area contributed by atoms with Crippen LogP contribution >= 0.6 is 15.9 Å². The fraction of sp³-hybridized carbons (Fsp3) is 0. The minimum Gasteiger partial charge on any atom is -0.339 e. The van der Waals surface area contributed by atoms with Crippen LogP contribution in [-0.2, 0) is 0 Å². The molecule has 0 aliphatic heterocycles. The van der Waals surface area contributed by atoms with E-state index >= 15 is 0 Å². The van der Waals surface area contributed by atoms with Crippen LogP contribution < -0.4 is 5.84 Å². The Morgan fingerprint density at radius 2 is 2.43 bits per heavy atom. The summed E-state index contributed by atoms with van der Waals surface area (Å²) in [5, 5.41) is 0. The Bertz CT molecular complexity index is 142. The highest BCUT2D eigenvalue weighted by Gasteiger charge is 1.85. The van der Waals surface area contributed by atoms with Crippen molar-refractivity contribution in [1.29, 1.82) is 0 Å². The highest BCUT2D eigenvalue weighted by Crippen LogP contribution is 2.04. The Balaban J connectivity index is 3.12. The molecule has 0 fully saturated rings. The lowest BCUT2D eigenvalue weighted by Crippen LogP contribution is -2.04. The molecule has 2 N–H and O–H groups in total. The van der Waals surface area contributed by atoms with E-state index in [2.05, 4.69) is 15.9 Å². The maximum absolute atomic E-state index is 5.31. The van der Waals surface area contributed by atoms with Crippen molar-refractivity contribution in [3.63, 3.8) is 0 Å². The molecule has 1 heterocycles. The van der Waals surface area contributed by atoms with Gasteiger partial charge in [0.05, 0.1) is 0 Å². The van der Waals surface area contributed by atoms with Gasteiger partial charge in [0.25, 0.3) is 0 Å². The van der Waals surface area contributed by atoms with E-state index in [4.69, 9.17) is 5.84 Å². The Kier molecular flexibility index (Phi) is 1.06. The minimum absolute atomic E-state index is 0.896. The summed E-state index contributed by atoms with van der Waals surface area (Å²) < 4.78 is 2.40. The van der Waals surface area contributed by atoms with E-state index in [1.165, 1.54) is 4.68 Å². The van der Waals surface area contributed by atoms with Gasteiger partial charge in [0, 0.05) is 6.20 Å². The maximum Gasteiger partial charge on any atom is 0.104 e. The summed E-state index contributed by atoms with van der Waals surface area (Å²) in [5.41, 5.74) is 0. The van der Waals surface area contributed by atoms with Crippen LogP contribution in [0.5, 0.6) is 0 Å². The first-order valence-corrected chi connectivity index (χ1v) is 2.68. The van der Waals surface area contributed by atoms with E-state index in [9.17, 15) is 0 Å². The van der Waals surface area contributed by atoms with Crippen LogP contribution in [0.4, 0.5) is 0 Å². The van der Waals surface area contributed by atoms with Gasteiger partial charge in [-0.1, -0.05) is 0 Å². The van der Waals surface area contributed by atoms with Crippen LogP contribution in [0.25, 0.3) is 0 Å². The monoisotopic (exact) mass is 160 g/mol. The second-order valence-electron chi connectivity index (χ2n) is 1.24. The van der Waals surface area contributed by atoms with Gasteiger partial charge in [0.15, 0.2) is 0 Å². The summed E-state index contributed by atoms with van der Waals surface area (Å²) in [6.45, 7) is 0. The van der Waals surface area contributed by atoms with Gasteiger partial charge in [-0.25, -0.2) is 0 Å². The Morgan fingerprint density at radius 3 is 2.57 bits per heavy atom. The van der Waals surface area contributed by atoms with Crippen molar-refractivity contribution in [2.45, 2.75) is 0 Å². The van der Waals surface area contributed by atoms with Gasteiger partial charge in [-0.3, -0.25) is 4.68 Å². The number of rotatable bonds is 0. The van der Waals surface area contributed by atoms with Crippen molar-refractivity contribution in [3.8, 4) is 0 Å². The lowest BCUT2D eigenvalue weighted by Gasteiger charge is -1.88. The fourth-order valence-electron chi connectivity index (χ4n) is 0.372. The van der Waals surface area contributed by atoms with Crippen LogP contribution in [0.2, 0.25) is 0 Å². The SMILES string of the molecule is Nn1cccc1Br. The van der Waals surface area contributed by atoms with Gasteiger partial charge in [-0.15, -0.1) is 0 Å². The number of nitrogens with zero attached hydrogens (tertiary/aromatic N) is 1. The first-order chi connectivity index (χ1) is 3.30. The first kappa shape index (κ1) is 4.71. The Hall–Kier alpha value is -0.440. The summed E-state index contributed by atoms with van der Waals surface area (Å²) in [6.07, 6.45) is 1.77. The second-order valence-corrected chi connectivity index (χ2v) is 2.05. The standard InChI is InChI=1S/C4H5BrN2/c5-4-2-1-3-7(4)6/h1-3H,6H2. The molecule has 0 amide bonds. The van der Waals surface area contributed by atoms with Gasteiger partial charge < -0.3 is 5.84 Å². The van der Waals surface area contributed by atoms with Gasteiger partial charge in [0.1, 0.15) is 4.60 Å². The fourth-order valence-corrected chi connectivity index (χ4v) is 0.643. The third-order valence-electron chi connectivity index (χ3n) is 0.727. The molecule has 0 aliphatic carbocycles. The highest BCUT2D eigenvalue weighted by molar-refractivity contribution is 9.10. The molecule has 3 heteroatoms. The number of halogens is 1. The van der Waals surface area contributed by atoms with Gasteiger partial charge in [-0.05, 0) is 28.1 Å². The van der Waals surface area contributed by atoms with Crippen LogP contribution in [0.3, 0.4) is 0 Å². The normalized spacial score (nSPS) is 9.29. The molecule has 1 aromatic heterocycles. The van der Waals surface area contributed by atoms with E-state index in [-0.39, 0.29) is 0 Å². The molecule has 0 bridgehead atoms. The van der Waals surface area contributed by atoms with Crippen LogP contribution in [0, 0.1) is 0 Å². The van der Waals surface area contributed by atoms with E-state index in [1.807, 2.05) is 12.1 Å². The predicted molar refractivity (Wildman–Crippen MR) is 32.3 cm³/mol. The maximum atomic E-state index is 5.31. The number of nitrogen functional groups attached to an aromatic ring is 1. The van der Waals surface area contributed by atoms with Crippen LogP contribution in [0.1, 0.15) is 0 Å². The van der Waals surface area contributed by atoms with Gasteiger partial charge in [-0.2, -0.15) is 0 Å². The van der Waals surface area contributed by atoms with E-state index in [0.29, 0.717) is 0 Å². The van der Waals surface area contributed by atoms with Crippen molar-refractivity contribution in [1.82, 2.24) is 4.68 Å². The number of aromatic nitrogens is 1. The second kappa shape index (κ2) is 1.58. The van der Waals surface area contributed by atoms with E-state index in [1.54, 1.807) is 6.20 Å². The zero-order valence-corrected chi connectivity index (χ0v) is 5.22. The van der Waals surface area contributed by atoms with Crippen molar-refractivity contribution in [3.05, 3.63) is 22.9 Å². The van der Waals surface area contributed by atoms with Crippen molar-refractivity contribution < 1.29 is 0 Å². The quantitative estimate of drug-likeness (QED) is 0.564. The summed E-state index contributed by atoms with van der Waals surface area (Å²) in [5.74, 6) is 5.31. The molecular formula is C4H5BrN2. The summed E-state index contributed by atoms with van der Waals surface area (Å²) >= 11 is 3.20. The molecule has 0 atom stereocenters. The molecule has 0 saturated carbocycles. The Morgan fingerprint density at radius 1 is 1.71 bits per heavy atom. The van der Waals surface area contributed by atoms with Crippen LogP contribution in [0.15, 0.2) is 22.9 Å². The molecule has 1 aromatic rings. The molecule has 38 valence electrons. The third kappa shape index (κ3) is 0.771. The summed E-state index contributed by atoms with van der Waals surface area (Å²) in [4.78, 5) is 0. The zero-order valence-electron chi connectivity index (χ0n) is 3.63. The van der Waals surface area contributed by atoms with E-state index in [0.717, 1.165) is 4.60 Å².